The van der Waals surface area contributed by atoms with Crippen LogP contribution in [0.2, 0.25) is 0 Å². The Balaban J connectivity index is 1.93. The molecule has 2 nitrogen and oxygen atoms in total. The van der Waals surface area contributed by atoms with Gasteiger partial charge < -0.3 is 5.32 Å². The summed E-state index contributed by atoms with van der Waals surface area (Å²) in [4.78, 5) is 14.1. The van der Waals surface area contributed by atoms with Gasteiger partial charge in [0.05, 0.1) is 4.88 Å². The van der Waals surface area contributed by atoms with Gasteiger partial charge >= 0.3 is 0 Å². The summed E-state index contributed by atoms with van der Waals surface area (Å²) in [7, 11) is 0. The molecule has 4 heteroatoms. The number of thiophene rings is 2. The Bertz CT molecular complexity index is 487. The van der Waals surface area contributed by atoms with Gasteiger partial charge in [0, 0.05) is 17.3 Å². The van der Waals surface area contributed by atoms with Gasteiger partial charge in [-0.05, 0) is 42.3 Å². The number of amides is 1. The molecule has 1 atom stereocenters. The van der Waals surface area contributed by atoms with E-state index in [1.165, 1.54) is 16.2 Å². The Hall–Kier alpha value is -1.13. The molecular formula is C13H15NOS2. The van der Waals surface area contributed by atoms with E-state index in [4.69, 9.17) is 0 Å². The van der Waals surface area contributed by atoms with Crippen molar-refractivity contribution in [2.75, 3.05) is 0 Å². The molecule has 90 valence electrons. The fourth-order valence-corrected chi connectivity index (χ4v) is 3.34. The van der Waals surface area contributed by atoms with Crippen LogP contribution in [0.5, 0.6) is 0 Å². The Morgan fingerprint density at radius 1 is 1.35 bits per heavy atom. The average molecular weight is 265 g/mol. The van der Waals surface area contributed by atoms with E-state index in [1.54, 1.807) is 11.3 Å². The SMILES string of the molecule is Cc1ccsc1C(=O)NC(C)Cc1cccs1. The van der Waals surface area contributed by atoms with Crippen LogP contribution >= 0.6 is 22.7 Å². The number of aryl methyl sites for hydroxylation is 1. The van der Waals surface area contributed by atoms with Crippen LogP contribution < -0.4 is 5.32 Å². The third-order valence-corrected chi connectivity index (χ3v) is 4.45. The largest absolute Gasteiger partial charge is 0.349 e. The molecule has 0 aliphatic heterocycles. The molecule has 0 aliphatic carbocycles. The zero-order chi connectivity index (χ0) is 12.3. The normalized spacial score (nSPS) is 12.4. The molecule has 1 amide bonds. The zero-order valence-electron chi connectivity index (χ0n) is 9.90. The van der Waals surface area contributed by atoms with Crippen molar-refractivity contribution in [2.24, 2.45) is 0 Å². The minimum absolute atomic E-state index is 0.0431. The van der Waals surface area contributed by atoms with Crippen molar-refractivity contribution in [3.63, 3.8) is 0 Å². The highest BCUT2D eigenvalue weighted by molar-refractivity contribution is 7.12. The van der Waals surface area contributed by atoms with Gasteiger partial charge in [0.25, 0.3) is 5.91 Å². The zero-order valence-corrected chi connectivity index (χ0v) is 11.5. The first-order valence-corrected chi connectivity index (χ1v) is 7.30. The molecule has 0 radical (unpaired) electrons. The maximum atomic E-state index is 12.0. The molecule has 0 fully saturated rings. The van der Waals surface area contributed by atoms with Gasteiger partial charge in [-0.2, -0.15) is 0 Å². The maximum absolute atomic E-state index is 12.0. The van der Waals surface area contributed by atoms with E-state index in [9.17, 15) is 4.79 Å². The Morgan fingerprint density at radius 3 is 2.76 bits per heavy atom. The molecule has 17 heavy (non-hydrogen) atoms. The van der Waals surface area contributed by atoms with Gasteiger partial charge in [0.2, 0.25) is 0 Å². The van der Waals surface area contributed by atoms with Crippen molar-refractivity contribution in [1.82, 2.24) is 5.32 Å². The molecule has 2 aromatic heterocycles. The third-order valence-electron chi connectivity index (χ3n) is 2.53. The van der Waals surface area contributed by atoms with E-state index >= 15 is 0 Å². The molecule has 0 saturated carbocycles. The van der Waals surface area contributed by atoms with E-state index in [1.807, 2.05) is 31.4 Å². The van der Waals surface area contributed by atoms with Crippen LogP contribution in [-0.2, 0) is 6.42 Å². The lowest BCUT2D eigenvalue weighted by molar-refractivity contribution is 0.0944. The minimum atomic E-state index is 0.0431. The quantitative estimate of drug-likeness (QED) is 0.901. The average Bonchev–Trinajstić information content (AvgIpc) is 2.88. The third kappa shape index (κ3) is 3.17. The predicted molar refractivity (Wildman–Crippen MR) is 74.0 cm³/mol. The Morgan fingerprint density at radius 2 is 2.18 bits per heavy atom. The second kappa shape index (κ2) is 5.47. The van der Waals surface area contributed by atoms with Crippen LogP contribution in [-0.4, -0.2) is 11.9 Å². The van der Waals surface area contributed by atoms with Crippen molar-refractivity contribution < 1.29 is 4.79 Å². The maximum Gasteiger partial charge on any atom is 0.261 e. The van der Waals surface area contributed by atoms with Crippen molar-refractivity contribution in [3.8, 4) is 0 Å². The molecule has 0 spiro atoms. The summed E-state index contributed by atoms with van der Waals surface area (Å²) < 4.78 is 0. The summed E-state index contributed by atoms with van der Waals surface area (Å²) >= 11 is 3.23. The number of carbonyl (C=O) groups is 1. The van der Waals surface area contributed by atoms with E-state index in [2.05, 4.69) is 16.8 Å². The first-order chi connectivity index (χ1) is 8.16. The number of nitrogens with one attached hydrogen (secondary N) is 1. The van der Waals surface area contributed by atoms with Crippen LogP contribution in [0.4, 0.5) is 0 Å². The second-order valence-electron chi connectivity index (χ2n) is 4.09. The lowest BCUT2D eigenvalue weighted by atomic mass is 10.2. The van der Waals surface area contributed by atoms with Crippen molar-refractivity contribution in [1.29, 1.82) is 0 Å². The lowest BCUT2D eigenvalue weighted by Crippen LogP contribution is -2.33. The van der Waals surface area contributed by atoms with E-state index in [0.29, 0.717) is 0 Å². The molecule has 1 unspecified atom stereocenters. The summed E-state index contributed by atoms with van der Waals surface area (Å²) in [5.74, 6) is 0.0431. The van der Waals surface area contributed by atoms with E-state index in [-0.39, 0.29) is 11.9 Å². The van der Waals surface area contributed by atoms with Crippen LogP contribution in [0, 0.1) is 6.92 Å². The molecule has 0 saturated heterocycles. The van der Waals surface area contributed by atoms with E-state index in [0.717, 1.165) is 16.9 Å². The number of carbonyl (C=O) groups excluding carboxylic acids is 1. The molecule has 2 heterocycles. The number of hydrogen-bond donors (Lipinski definition) is 1. The minimum Gasteiger partial charge on any atom is -0.349 e. The first-order valence-electron chi connectivity index (χ1n) is 5.54. The molecule has 2 aromatic rings. The molecule has 0 aromatic carbocycles. The fourth-order valence-electron chi connectivity index (χ4n) is 1.68. The van der Waals surface area contributed by atoms with Gasteiger partial charge in [-0.3, -0.25) is 4.79 Å². The number of rotatable bonds is 4. The van der Waals surface area contributed by atoms with Gasteiger partial charge in [-0.15, -0.1) is 22.7 Å². The number of hydrogen-bond acceptors (Lipinski definition) is 3. The van der Waals surface area contributed by atoms with E-state index < -0.39 is 0 Å². The smallest absolute Gasteiger partial charge is 0.261 e. The molecule has 1 N–H and O–H groups in total. The van der Waals surface area contributed by atoms with Gasteiger partial charge in [-0.1, -0.05) is 6.07 Å². The summed E-state index contributed by atoms with van der Waals surface area (Å²) in [5.41, 5.74) is 1.05. The summed E-state index contributed by atoms with van der Waals surface area (Å²) in [6.45, 7) is 4.01. The molecular weight excluding hydrogens is 250 g/mol. The topological polar surface area (TPSA) is 29.1 Å². The predicted octanol–water partition coefficient (Wildman–Crippen LogP) is 3.48. The van der Waals surface area contributed by atoms with Crippen LogP contribution in [0.1, 0.15) is 27.0 Å². The van der Waals surface area contributed by atoms with Crippen molar-refractivity contribution in [3.05, 3.63) is 44.3 Å². The molecule has 0 aliphatic rings. The lowest BCUT2D eigenvalue weighted by Gasteiger charge is -2.12. The van der Waals surface area contributed by atoms with Crippen molar-refractivity contribution in [2.45, 2.75) is 26.3 Å². The highest BCUT2D eigenvalue weighted by Gasteiger charge is 2.13. The molecule has 2 rings (SSSR count). The highest BCUT2D eigenvalue weighted by atomic mass is 32.1. The van der Waals surface area contributed by atoms with Gasteiger partial charge in [0.15, 0.2) is 0 Å². The van der Waals surface area contributed by atoms with Crippen LogP contribution in [0.15, 0.2) is 29.0 Å². The standard InChI is InChI=1S/C13H15NOS2/c1-9-5-7-17-12(9)13(15)14-10(2)8-11-4-3-6-16-11/h3-7,10H,8H2,1-2H3,(H,14,15). The van der Waals surface area contributed by atoms with Crippen LogP contribution in [0.25, 0.3) is 0 Å². The second-order valence-corrected chi connectivity index (χ2v) is 6.04. The van der Waals surface area contributed by atoms with Crippen molar-refractivity contribution >= 4 is 28.6 Å². The summed E-state index contributed by atoms with van der Waals surface area (Å²) in [5, 5.41) is 7.05. The summed E-state index contributed by atoms with van der Waals surface area (Å²) in [6, 6.07) is 6.29. The Kier molecular flexibility index (Phi) is 3.97. The van der Waals surface area contributed by atoms with Crippen LogP contribution in [0.3, 0.4) is 0 Å². The van der Waals surface area contributed by atoms with Gasteiger partial charge in [-0.25, -0.2) is 0 Å². The first kappa shape index (κ1) is 12.3. The fraction of sp³-hybridized carbons (Fsp3) is 0.308. The highest BCUT2D eigenvalue weighted by Crippen LogP contribution is 2.16. The molecule has 0 bridgehead atoms. The van der Waals surface area contributed by atoms with Gasteiger partial charge in [0.1, 0.15) is 0 Å². The Labute approximate surface area is 109 Å². The monoisotopic (exact) mass is 265 g/mol. The summed E-state index contributed by atoms with van der Waals surface area (Å²) in [6.07, 6.45) is 0.897.